The Morgan fingerprint density at radius 2 is 2.18 bits per heavy atom. The third-order valence-electron chi connectivity index (χ3n) is 4.49. The molecule has 2 aromatic rings. The number of halogens is 3. The Bertz CT molecular complexity index is 931. The second-order valence-electron chi connectivity index (χ2n) is 6.16. The number of rotatable bonds is 4. The molecular weight excluding hydrogens is 452 g/mol. The van der Waals surface area contributed by atoms with Gasteiger partial charge in [0.15, 0.2) is 11.6 Å². The summed E-state index contributed by atoms with van der Waals surface area (Å²) >= 11 is 4.85. The van der Waals surface area contributed by atoms with Gasteiger partial charge in [-0.15, -0.1) is 11.3 Å². The van der Waals surface area contributed by atoms with Gasteiger partial charge in [0.2, 0.25) is 0 Å². The lowest BCUT2D eigenvalue weighted by atomic mass is 9.91. The zero-order chi connectivity index (χ0) is 20.3. The van der Waals surface area contributed by atoms with E-state index in [9.17, 15) is 13.6 Å². The highest BCUT2D eigenvalue weighted by atomic mass is 79.9. The summed E-state index contributed by atoms with van der Waals surface area (Å²) in [5, 5.41) is 6.25. The zero-order valence-electron chi connectivity index (χ0n) is 15.2. The second-order valence-corrected chi connectivity index (χ2v) is 7.61. The molecular formula is C19H18BrF2N3O2S. The number of aliphatic imine (C=N–C) groups is 1. The molecule has 0 spiro atoms. The van der Waals surface area contributed by atoms with Crippen molar-refractivity contribution in [1.82, 2.24) is 10.3 Å². The van der Waals surface area contributed by atoms with E-state index in [0.717, 1.165) is 17.7 Å². The number of carbonyl (C=O) groups excluding carboxylic acids is 1. The summed E-state index contributed by atoms with van der Waals surface area (Å²) in [4.78, 5) is 21.7. The lowest BCUT2D eigenvalue weighted by Gasteiger charge is -2.27. The molecule has 1 aromatic heterocycles. The number of methoxy groups -OCH3 is 1. The Balaban J connectivity index is 2.26. The van der Waals surface area contributed by atoms with Gasteiger partial charge in [-0.3, -0.25) is 4.99 Å². The Kier molecular flexibility index (Phi) is 6.69. The first-order valence-corrected chi connectivity index (χ1v) is 10.5. The van der Waals surface area contributed by atoms with Crippen LogP contribution in [0.4, 0.5) is 8.78 Å². The molecule has 1 aliphatic heterocycles. The maximum atomic E-state index is 14.0. The number of hydrogen-bond donors (Lipinski definition) is 1. The standard InChI is InChI=1S/C19H18BrF2N3O2S/c1-10-12(8-20)16(19(26)27-2)17(11-3-4-13(21)14(22)7-11)25-15(9-24-10)18-23-5-6-28-18/h3-7,10,17,24H,8-9H2,1-2H3. The summed E-state index contributed by atoms with van der Waals surface area (Å²) in [5.74, 6) is -2.53. The van der Waals surface area contributed by atoms with Crippen LogP contribution in [-0.4, -0.2) is 41.7 Å². The molecule has 0 fully saturated rings. The lowest BCUT2D eigenvalue weighted by molar-refractivity contribution is -0.136. The molecule has 0 bridgehead atoms. The van der Waals surface area contributed by atoms with Crippen molar-refractivity contribution in [3.8, 4) is 0 Å². The fraction of sp³-hybridized carbons (Fsp3) is 0.316. The van der Waals surface area contributed by atoms with E-state index < -0.39 is 23.6 Å². The molecule has 0 amide bonds. The largest absolute Gasteiger partial charge is 0.466 e. The normalized spacial score (nSPS) is 20.4. The number of ether oxygens (including phenoxy) is 1. The summed E-state index contributed by atoms with van der Waals surface area (Å²) in [6, 6.07) is 2.51. The van der Waals surface area contributed by atoms with Crippen molar-refractivity contribution in [1.29, 1.82) is 0 Å². The van der Waals surface area contributed by atoms with E-state index in [1.165, 1.54) is 24.5 Å². The summed E-state index contributed by atoms with van der Waals surface area (Å²) < 4.78 is 32.5. The Morgan fingerprint density at radius 3 is 2.79 bits per heavy atom. The van der Waals surface area contributed by atoms with Crippen LogP contribution in [0, 0.1) is 11.6 Å². The van der Waals surface area contributed by atoms with Crippen LogP contribution in [0.25, 0.3) is 0 Å². The second kappa shape index (κ2) is 9.02. The van der Waals surface area contributed by atoms with Crippen molar-refractivity contribution in [2.45, 2.75) is 19.0 Å². The topological polar surface area (TPSA) is 63.6 Å². The summed E-state index contributed by atoms with van der Waals surface area (Å²) in [7, 11) is 1.28. The SMILES string of the molecule is COC(=O)C1=C(CBr)C(C)NCC(c2nccs2)=NC1c1ccc(F)c(F)c1. The Hall–Kier alpha value is -1.97. The number of thiazole rings is 1. The smallest absolute Gasteiger partial charge is 0.336 e. The molecule has 1 aliphatic rings. The molecule has 9 heteroatoms. The molecule has 2 heterocycles. The van der Waals surface area contributed by atoms with Crippen molar-refractivity contribution in [3.63, 3.8) is 0 Å². The molecule has 3 rings (SSSR count). The van der Waals surface area contributed by atoms with Crippen LogP contribution >= 0.6 is 27.3 Å². The number of hydrogen-bond acceptors (Lipinski definition) is 6. The summed E-state index contributed by atoms with van der Waals surface area (Å²) in [6.45, 7) is 2.34. The molecule has 0 radical (unpaired) electrons. The first kappa shape index (κ1) is 20.8. The third-order valence-corrected chi connectivity index (χ3v) is 5.92. The number of esters is 1. The van der Waals surface area contributed by atoms with Gasteiger partial charge in [0.05, 0.1) is 18.4 Å². The van der Waals surface area contributed by atoms with Gasteiger partial charge in [0.25, 0.3) is 0 Å². The molecule has 0 aliphatic carbocycles. The molecule has 2 unspecified atom stereocenters. The minimum atomic E-state index is -0.999. The molecule has 2 atom stereocenters. The van der Waals surface area contributed by atoms with Gasteiger partial charge in [-0.05, 0) is 30.2 Å². The van der Waals surface area contributed by atoms with Gasteiger partial charge >= 0.3 is 5.97 Å². The van der Waals surface area contributed by atoms with E-state index >= 15 is 0 Å². The van der Waals surface area contributed by atoms with Crippen LogP contribution in [0.3, 0.4) is 0 Å². The van der Waals surface area contributed by atoms with E-state index in [0.29, 0.717) is 33.7 Å². The number of nitrogens with one attached hydrogen (secondary N) is 1. The lowest BCUT2D eigenvalue weighted by Crippen LogP contribution is -2.38. The first-order valence-electron chi connectivity index (χ1n) is 8.48. The van der Waals surface area contributed by atoms with E-state index in [-0.39, 0.29) is 6.04 Å². The average Bonchev–Trinajstić information content (AvgIpc) is 3.21. The predicted octanol–water partition coefficient (Wildman–Crippen LogP) is 3.81. The van der Waals surface area contributed by atoms with Gasteiger partial charge in [-0.1, -0.05) is 22.0 Å². The number of alkyl halides is 1. The van der Waals surface area contributed by atoms with Crippen molar-refractivity contribution in [3.05, 3.63) is 63.1 Å². The van der Waals surface area contributed by atoms with Gasteiger partial charge in [0.1, 0.15) is 11.0 Å². The van der Waals surface area contributed by atoms with Crippen molar-refractivity contribution in [2.24, 2.45) is 4.99 Å². The van der Waals surface area contributed by atoms with Crippen LogP contribution in [-0.2, 0) is 9.53 Å². The van der Waals surface area contributed by atoms with Crippen LogP contribution in [0.2, 0.25) is 0 Å². The third kappa shape index (κ3) is 4.21. The average molecular weight is 470 g/mol. The van der Waals surface area contributed by atoms with Gasteiger partial charge in [-0.25, -0.2) is 18.6 Å². The van der Waals surface area contributed by atoms with Gasteiger partial charge < -0.3 is 10.1 Å². The van der Waals surface area contributed by atoms with Gasteiger partial charge in [0, 0.05) is 29.5 Å². The minimum Gasteiger partial charge on any atom is -0.466 e. The van der Waals surface area contributed by atoms with Crippen LogP contribution in [0.1, 0.15) is 23.5 Å². The van der Waals surface area contributed by atoms with E-state index in [4.69, 9.17) is 9.73 Å². The number of benzene rings is 1. The Morgan fingerprint density at radius 1 is 1.39 bits per heavy atom. The van der Waals surface area contributed by atoms with Crippen molar-refractivity contribution < 1.29 is 18.3 Å². The summed E-state index contributed by atoms with van der Waals surface area (Å²) in [5.41, 5.74) is 2.02. The van der Waals surface area contributed by atoms with Crippen LogP contribution < -0.4 is 5.32 Å². The zero-order valence-corrected chi connectivity index (χ0v) is 17.6. The number of carbonyl (C=O) groups is 1. The monoisotopic (exact) mass is 469 g/mol. The molecule has 28 heavy (non-hydrogen) atoms. The van der Waals surface area contributed by atoms with Crippen LogP contribution in [0.5, 0.6) is 0 Å². The molecule has 148 valence electrons. The fourth-order valence-electron chi connectivity index (χ4n) is 3.01. The molecule has 0 saturated heterocycles. The maximum absolute atomic E-state index is 14.0. The van der Waals surface area contributed by atoms with Crippen molar-refractivity contribution in [2.75, 3.05) is 19.0 Å². The highest BCUT2D eigenvalue weighted by molar-refractivity contribution is 9.09. The molecule has 0 saturated carbocycles. The highest BCUT2D eigenvalue weighted by Crippen LogP contribution is 2.34. The van der Waals surface area contributed by atoms with Crippen molar-refractivity contribution >= 4 is 38.9 Å². The van der Waals surface area contributed by atoms with Gasteiger partial charge in [-0.2, -0.15) is 0 Å². The number of nitrogens with zero attached hydrogens (tertiary/aromatic N) is 2. The molecule has 5 nitrogen and oxygen atoms in total. The van der Waals surface area contributed by atoms with E-state index in [2.05, 4.69) is 26.2 Å². The molecule has 1 N–H and O–H groups in total. The predicted molar refractivity (Wildman–Crippen MR) is 108 cm³/mol. The van der Waals surface area contributed by atoms with Crippen LogP contribution in [0.15, 0.2) is 45.9 Å². The fourth-order valence-corrected chi connectivity index (χ4v) is 4.43. The Labute approximate surface area is 173 Å². The quantitative estimate of drug-likeness (QED) is 0.546. The van der Waals surface area contributed by atoms with E-state index in [1.807, 2.05) is 12.3 Å². The number of aromatic nitrogens is 1. The highest BCUT2D eigenvalue weighted by Gasteiger charge is 2.31. The first-order chi connectivity index (χ1) is 13.5. The maximum Gasteiger partial charge on any atom is 0.336 e. The minimum absolute atomic E-state index is 0.174. The van der Waals surface area contributed by atoms with E-state index in [1.54, 1.807) is 6.20 Å². The molecule has 1 aromatic carbocycles. The summed E-state index contributed by atoms with van der Waals surface area (Å²) in [6.07, 6.45) is 1.66.